The molecule has 1 unspecified atom stereocenters. The van der Waals surface area contributed by atoms with E-state index in [2.05, 4.69) is 49.5 Å². The fourth-order valence-electron chi connectivity index (χ4n) is 1.46. The Labute approximate surface area is 108 Å². The summed E-state index contributed by atoms with van der Waals surface area (Å²) in [6, 6.07) is 10.8. The minimum atomic E-state index is -0.440. The van der Waals surface area contributed by atoms with Crippen molar-refractivity contribution in [2.24, 2.45) is 0 Å². The smallest absolute Gasteiger partial charge is 0.113 e. The highest BCUT2D eigenvalue weighted by Crippen LogP contribution is 2.23. The van der Waals surface area contributed by atoms with Gasteiger partial charge in [-0.05, 0) is 38.9 Å². The molecule has 0 fully saturated rings. The average Bonchev–Trinajstić information content (AvgIpc) is 2.34. The van der Waals surface area contributed by atoms with Crippen LogP contribution in [0.1, 0.15) is 25.8 Å². The van der Waals surface area contributed by atoms with E-state index >= 15 is 0 Å². The van der Waals surface area contributed by atoms with Crippen molar-refractivity contribution in [1.82, 2.24) is 5.32 Å². The number of rotatable bonds is 6. The van der Waals surface area contributed by atoms with Crippen molar-refractivity contribution in [3.63, 3.8) is 0 Å². The summed E-state index contributed by atoms with van der Waals surface area (Å²) in [5.74, 6) is 0.771. The molecular weight excluding hydrogens is 228 g/mol. The zero-order valence-electron chi connectivity index (χ0n) is 10.8. The second-order valence-corrected chi connectivity index (χ2v) is 5.52. The fourth-order valence-corrected chi connectivity index (χ4v) is 2.52. The van der Waals surface area contributed by atoms with Crippen molar-refractivity contribution >= 4 is 11.8 Å². The number of benzene rings is 1. The second-order valence-electron chi connectivity index (χ2n) is 4.48. The van der Waals surface area contributed by atoms with Crippen LogP contribution in [0.25, 0.3) is 0 Å². The van der Waals surface area contributed by atoms with Gasteiger partial charge in [0, 0.05) is 10.6 Å². The highest BCUT2D eigenvalue weighted by atomic mass is 32.2. The first-order chi connectivity index (χ1) is 8.09. The van der Waals surface area contributed by atoms with Crippen molar-refractivity contribution in [2.75, 3.05) is 12.3 Å². The van der Waals surface area contributed by atoms with Gasteiger partial charge < -0.3 is 0 Å². The second kappa shape index (κ2) is 6.68. The Bertz CT molecular complexity index is 397. The molecule has 1 rings (SSSR count). The number of hydrogen-bond donors (Lipinski definition) is 1. The summed E-state index contributed by atoms with van der Waals surface area (Å²) in [7, 11) is 0. The Balaban J connectivity index is 2.56. The molecule has 0 aliphatic rings. The molecule has 92 valence electrons. The third-order valence-corrected chi connectivity index (χ3v) is 3.84. The number of nitrogens with zero attached hydrogens (tertiary/aromatic N) is 1. The van der Waals surface area contributed by atoms with Crippen LogP contribution in [-0.2, 0) is 0 Å². The van der Waals surface area contributed by atoms with E-state index in [0.717, 1.165) is 18.7 Å². The van der Waals surface area contributed by atoms with E-state index in [1.165, 1.54) is 10.5 Å². The number of thioether (sulfide) groups is 1. The molecule has 0 radical (unpaired) electrons. The van der Waals surface area contributed by atoms with E-state index in [4.69, 9.17) is 0 Å². The van der Waals surface area contributed by atoms with Gasteiger partial charge in [-0.2, -0.15) is 5.26 Å². The van der Waals surface area contributed by atoms with Crippen molar-refractivity contribution in [3.8, 4) is 6.07 Å². The monoisotopic (exact) mass is 248 g/mol. The Morgan fingerprint density at radius 2 is 2.24 bits per heavy atom. The van der Waals surface area contributed by atoms with E-state index in [1.807, 2.05) is 6.92 Å². The van der Waals surface area contributed by atoms with Crippen molar-refractivity contribution in [1.29, 1.82) is 5.26 Å². The summed E-state index contributed by atoms with van der Waals surface area (Å²) in [5, 5.41) is 12.5. The van der Waals surface area contributed by atoms with Gasteiger partial charge in [-0.3, -0.25) is 5.32 Å². The Kier molecular flexibility index (Phi) is 5.54. The van der Waals surface area contributed by atoms with Crippen LogP contribution in [0, 0.1) is 18.3 Å². The summed E-state index contributed by atoms with van der Waals surface area (Å²) in [6.07, 6.45) is 1.05. The van der Waals surface area contributed by atoms with E-state index in [1.54, 1.807) is 11.8 Å². The largest absolute Gasteiger partial charge is 0.299 e. The van der Waals surface area contributed by atoms with Gasteiger partial charge in [-0.1, -0.05) is 24.6 Å². The van der Waals surface area contributed by atoms with E-state index in [9.17, 15) is 5.26 Å². The molecule has 0 aromatic heterocycles. The lowest BCUT2D eigenvalue weighted by Crippen LogP contribution is -2.43. The predicted molar refractivity (Wildman–Crippen MR) is 74.2 cm³/mol. The molecule has 17 heavy (non-hydrogen) atoms. The lowest BCUT2D eigenvalue weighted by Gasteiger charge is -2.22. The molecule has 3 heteroatoms. The molecule has 1 aromatic carbocycles. The first-order valence-electron chi connectivity index (χ1n) is 5.95. The Morgan fingerprint density at radius 3 is 2.82 bits per heavy atom. The Morgan fingerprint density at radius 1 is 1.47 bits per heavy atom. The van der Waals surface area contributed by atoms with Crippen LogP contribution in [0.3, 0.4) is 0 Å². The van der Waals surface area contributed by atoms with Crippen molar-refractivity contribution in [2.45, 2.75) is 37.6 Å². The van der Waals surface area contributed by atoms with Gasteiger partial charge >= 0.3 is 0 Å². The molecule has 0 spiro atoms. The maximum absolute atomic E-state index is 9.22. The number of hydrogen-bond acceptors (Lipinski definition) is 3. The number of aryl methyl sites for hydroxylation is 1. The van der Waals surface area contributed by atoms with Crippen LogP contribution in [0.4, 0.5) is 0 Å². The van der Waals surface area contributed by atoms with Crippen LogP contribution >= 0.6 is 11.8 Å². The van der Waals surface area contributed by atoms with Crippen molar-refractivity contribution < 1.29 is 0 Å². The van der Waals surface area contributed by atoms with Gasteiger partial charge in [0.15, 0.2) is 0 Å². The standard InChI is InChI=1S/C14H20N2S/c1-4-8-16-14(3,10-15)11-17-13-7-5-6-12(2)9-13/h5-7,9,16H,4,8,11H2,1-3H3. The molecule has 0 bridgehead atoms. The highest BCUT2D eigenvalue weighted by Gasteiger charge is 2.22. The summed E-state index contributed by atoms with van der Waals surface area (Å²) < 4.78 is 0. The third kappa shape index (κ3) is 4.80. The minimum Gasteiger partial charge on any atom is -0.299 e. The summed E-state index contributed by atoms with van der Waals surface area (Å²) in [4.78, 5) is 1.23. The topological polar surface area (TPSA) is 35.8 Å². The van der Waals surface area contributed by atoms with Gasteiger partial charge in [-0.25, -0.2) is 0 Å². The molecule has 0 saturated heterocycles. The molecule has 0 amide bonds. The number of nitrogens with one attached hydrogen (secondary N) is 1. The lowest BCUT2D eigenvalue weighted by molar-refractivity contribution is 0.493. The first kappa shape index (κ1) is 14.1. The fraction of sp³-hybridized carbons (Fsp3) is 0.500. The molecular formula is C14H20N2S. The molecule has 2 nitrogen and oxygen atoms in total. The van der Waals surface area contributed by atoms with Gasteiger partial charge in [0.05, 0.1) is 6.07 Å². The zero-order chi connectivity index (χ0) is 12.7. The molecule has 0 aliphatic carbocycles. The highest BCUT2D eigenvalue weighted by molar-refractivity contribution is 7.99. The van der Waals surface area contributed by atoms with Crippen LogP contribution < -0.4 is 5.32 Å². The van der Waals surface area contributed by atoms with Gasteiger partial charge in [-0.15, -0.1) is 11.8 Å². The number of nitriles is 1. The zero-order valence-corrected chi connectivity index (χ0v) is 11.6. The molecule has 0 saturated carbocycles. The van der Waals surface area contributed by atoms with Crippen molar-refractivity contribution in [3.05, 3.63) is 29.8 Å². The maximum atomic E-state index is 9.22. The van der Waals surface area contributed by atoms with Crippen LogP contribution in [0.2, 0.25) is 0 Å². The Hall–Kier alpha value is -0.980. The predicted octanol–water partition coefficient (Wildman–Crippen LogP) is 3.37. The first-order valence-corrected chi connectivity index (χ1v) is 6.94. The average molecular weight is 248 g/mol. The van der Waals surface area contributed by atoms with Crippen LogP contribution in [0.15, 0.2) is 29.2 Å². The van der Waals surface area contributed by atoms with Gasteiger partial charge in [0.2, 0.25) is 0 Å². The third-order valence-electron chi connectivity index (χ3n) is 2.53. The van der Waals surface area contributed by atoms with Gasteiger partial charge in [0.25, 0.3) is 0 Å². The quantitative estimate of drug-likeness (QED) is 0.784. The molecule has 1 N–H and O–H groups in total. The van der Waals surface area contributed by atoms with E-state index < -0.39 is 5.54 Å². The maximum Gasteiger partial charge on any atom is 0.113 e. The summed E-state index contributed by atoms with van der Waals surface area (Å²) in [5.41, 5.74) is 0.819. The van der Waals surface area contributed by atoms with Gasteiger partial charge in [0.1, 0.15) is 5.54 Å². The lowest BCUT2D eigenvalue weighted by atomic mass is 10.1. The van der Waals surface area contributed by atoms with Crippen LogP contribution in [-0.4, -0.2) is 17.8 Å². The normalized spacial score (nSPS) is 14.0. The molecule has 1 aromatic rings. The molecule has 0 heterocycles. The van der Waals surface area contributed by atoms with E-state index in [-0.39, 0.29) is 0 Å². The van der Waals surface area contributed by atoms with E-state index in [0.29, 0.717) is 0 Å². The summed E-state index contributed by atoms with van der Waals surface area (Å²) in [6.45, 7) is 7.05. The minimum absolute atomic E-state index is 0.440. The summed E-state index contributed by atoms with van der Waals surface area (Å²) >= 11 is 1.73. The molecule has 1 atom stereocenters. The molecule has 0 aliphatic heterocycles. The van der Waals surface area contributed by atoms with Crippen LogP contribution in [0.5, 0.6) is 0 Å². The SMILES string of the molecule is CCCNC(C)(C#N)CSc1cccc(C)c1.